The number of carbonyl (C=O) groups is 1. The van der Waals surface area contributed by atoms with Crippen LogP contribution in [0.3, 0.4) is 0 Å². The van der Waals surface area contributed by atoms with E-state index in [1.54, 1.807) is 12.1 Å². The van der Waals surface area contributed by atoms with Crippen LogP contribution < -0.4 is 5.32 Å². The quantitative estimate of drug-likeness (QED) is 0.888. The van der Waals surface area contributed by atoms with Crippen LogP contribution in [-0.4, -0.2) is 16.6 Å². The summed E-state index contributed by atoms with van der Waals surface area (Å²) in [6, 6.07) is 3.32. The number of amides is 1. The molecule has 5 heteroatoms. The molecule has 0 bridgehead atoms. The Kier molecular flexibility index (Phi) is 3.21. The van der Waals surface area contributed by atoms with Gasteiger partial charge in [0.05, 0.1) is 0 Å². The zero-order valence-corrected chi connectivity index (χ0v) is 9.43. The monoisotopic (exact) mass is 260 g/mol. The summed E-state index contributed by atoms with van der Waals surface area (Å²) in [5.41, 5.74) is -1.90. The highest BCUT2D eigenvalue weighted by Gasteiger charge is 2.26. The van der Waals surface area contributed by atoms with Crippen LogP contribution in [0.15, 0.2) is 22.8 Å². The zero-order chi connectivity index (χ0) is 10.8. The van der Waals surface area contributed by atoms with Crippen LogP contribution in [0, 0.1) is 0 Å². The second-order valence-corrected chi connectivity index (χ2v) is 4.20. The van der Waals surface area contributed by atoms with Crippen LogP contribution in [0.4, 0.5) is 10.2 Å². The molecule has 14 heavy (non-hydrogen) atoms. The molecule has 0 aromatic carbocycles. The van der Waals surface area contributed by atoms with Gasteiger partial charge in [-0.25, -0.2) is 9.37 Å². The molecular formula is C9H10BrFN2O. The Morgan fingerprint density at radius 3 is 2.79 bits per heavy atom. The molecule has 1 amide bonds. The van der Waals surface area contributed by atoms with E-state index in [1.165, 1.54) is 20.0 Å². The number of carbonyl (C=O) groups excluding carboxylic acids is 1. The molecule has 0 spiro atoms. The van der Waals surface area contributed by atoms with Gasteiger partial charge in [0.1, 0.15) is 5.82 Å². The van der Waals surface area contributed by atoms with Gasteiger partial charge in [0, 0.05) is 10.7 Å². The predicted octanol–water partition coefficient (Wildman–Crippen LogP) is 2.53. The second kappa shape index (κ2) is 4.04. The van der Waals surface area contributed by atoms with Crippen molar-refractivity contribution in [2.24, 2.45) is 0 Å². The summed E-state index contributed by atoms with van der Waals surface area (Å²) in [7, 11) is 0. The lowest BCUT2D eigenvalue weighted by Crippen LogP contribution is -2.32. The number of halogens is 2. The van der Waals surface area contributed by atoms with Gasteiger partial charge in [0.25, 0.3) is 5.91 Å². The fraction of sp³-hybridized carbons (Fsp3) is 0.333. The van der Waals surface area contributed by atoms with Gasteiger partial charge >= 0.3 is 0 Å². The highest BCUT2D eigenvalue weighted by atomic mass is 79.9. The third-order valence-electron chi connectivity index (χ3n) is 1.50. The predicted molar refractivity (Wildman–Crippen MR) is 55.8 cm³/mol. The topological polar surface area (TPSA) is 42.0 Å². The molecule has 0 aliphatic carbocycles. The number of nitrogens with one attached hydrogen (secondary N) is 1. The highest BCUT2D eigenvalue weighted by molar-refractivity contribution is 9.10. The first-order chi connectivity index (χ1) is 6.39. The number of hydrogen-bond acceptors (Lipinski definition) is 2. The molecule has 3 nitrogen and oxygen atoms in total. The highest BCUT2D eigenvalue weighted by Crippen LogP contribution is 2.15. The Hall–Kier alpha value is -0.970. The van der Waals surface area contributed by atoms with E-state index in [4.69, 9.17) is 0 Å². The minimum atomic E-state index is -1.90. The van der Waals surface area contributed by atoms with Crippen molar-refractivity contribution in [2.45, 2.75) is 19.5 Å². The maximum absolute atomic E-state index is 13.1. The fourth-order valence-corrected chi connectivity index (χ4v) is 1.07. The number of rotatable bonds is 2. The van der Waals surface area contributed by atoms with Crippen molar-refractivity contribution in [1.29, 1.82) is 0 Å². The van der Waals surface area contributed by atoms with E-state index < -0.39 is 11.6 Å². The number of alkyl halides is 1. The average Bonchev–Trinajstić information content (AvgIpc) is 2.02. The molecule has 1 aromatic rings. The first-order valence-corrected chi connectivity index (χ1v) is 4.81. The molecule has 0 saturated carbocycles. The smallest absolute Gasteiger partial charge is 0.262 e. The van der Waals surface area contributed by atoms with E-state index in [1.807, 2.05) is 0 Å². The van der Waals surface area contributed by atoms with Crippen LogP contribution >= 0.6 is 15.9 Å². The summed E-state index contributed by atoms with van der Waals surface area (Å²) in [4.78, 5) is 15.1. The van der Waals surface area contributed by atoms with Gasteiger partial charge in [-0.1, -0.05) is 15.9 Å². The molecule has 1 heterocycles. The minimum Gasteiger partial charge on any atom is -0.308 e. The maximum atomic E-state index is 13.1. The van der Waals surface area contributed by atoms with Gasteiger partial charge in [0.2, 0.25) is 0 Å². The third-order valence-corrected chi connectivity index (χ3v) is 2.00. The molecule has 0 aliphatic heterocycles. The van der Waals surface area contributed by atoms with Crippen molar-refractivity contribution in [1.82, 2.24) is 4.98 Å². The molecular weight excluding hydrogens is 251 g/mol. The fourth-order valence-electron chi connectivity index (χ4n) is 0.738. The minimum absolute atomic E-state index is 0.329. The van der Waals surface area contributed by atoms with Gasteiger partial charge in [-0.05, 0) is 26.0 Å². The van der Waals surface area contributed by atoms with Crippen molar-refractivity contribution < 1.29 is 9.18 Å². The van der Waals surface area contributed by atoms with Crippen LogP contribution in [0.1, 0.15) is 13.8 Å². The van der Waals surface area contributed by atoms with Gasteiger partial charge in [0.15, 0.2) is 5.67 Å². The largest absolute Gasteiger partial charge is 0.308 e. The van der Waals surface area contributed by atoms with E-state index >= 15 is 0 Å². The number of hydrogen-bond donors (Lipinski definition) is 1. The molecule has 0 radical (unpaired) electrons. The third kappa shape index (κ3) is 3.06. The van der Waals surface area contributed by atoms with E-state index in [-0.39, 0.29) is 0 Å². The first kappa shape index (κ1) is 11.1. The number of aromatic nitrogens is 1. The summed E-state index contributed by atoms with van der Waals surface area (Å²) in [6.45, 7) is 2.39. The van der Waals surface area contributed by atoms with Gasteiger partial charge in [-0.3, -0.25) is 4.79 Å². The summed E-state index contributed by atoms with van der Waals surface area (Å²) < 4.78 is 13.9. The van der Waals surface area contributed by atoms with Crippen molar-refractivity contribution in [3.05, 3.63) is 22.8 Å². The lowest BCUT2D eigenvalue weighted by Gasteiger charge is -2.13. The SMILES string of the molecule is CC(C)(F)C(=O)Nc1cc(Br)ccn1. The molecule has 76 valence electrons. The first-order valence-electron chi connectivity index (χ1n) is 4.01. The van der Waals surface area contributed by atoms with E-state index in [2.05, 4.69) is 26.2 Å². The van der Waals surface area contributed by atoms with Gasteiger partial charge in [-0.2, -0.15) is 0 Å². The molecule has 1 aromatic heterocycles. The Morgan fingerprint density at radius 2 is 2.29 bits per heavy atom. The van der Waals surface area contributed by atoms with Gasteiger partial charge in [-0.15, -0.1) is 0 Å². The molecule has 0 atom stereocenters. The lowest BCUT2D eigenvalue weighted by atomic mass is 10.1. The maximum Gasteiger partial charge on any atom is 0.262 e. The molecule has 0 saturated heterocycles. The van der Waals surface area contributed by atoms with Gasteiger partial charge < -0.3 is 5.32 Å². The van der Waals surface area contributed by atoms with Crippen LogP contribution in [0.25, 0.3) is 0 Å². The number of nitrogens with zero attached hydrogens (tertiary/aromatic N) is 1. The second-order valence-electron chi connectivity index (χ2n) is 3.29. The van der Waals surface area contributed by atoms with Crippen molar-refractivity contribution in [2.75, 3.05) is 5.32 Å². The average molecular weight is 261 g/mol. The van der Waals surface area contributed by atoms with Crippen molar-refractivity contribution in [3.63, 3.8) is 0 Å². The number of pyridine rings is 1. The normalized spacial score (nSPS) is 11.1. The van der Waals surface area contributed by atoms with Crippen LogP contribution in [0.2, 0.25) is 0 Å². The van der Waals surface area contributed by atoms with Crippen LogP contribution in [-0.2, 0) is 4.79 Å². The van der Waals surface area contributed by atoms with Crippen molar-refractivity contribution in [3.8, 4) is 0 Å². The molecule has 0 aliphatic rings. The summed E-state index contributed by atoms with van der Waals surface area (Å²) in [5.74, 6) is -0.377. The standard InChI is InChI=1S/C9H10BrFN2O/c1-9(2,11)8(14)13-7-5-6(10)3-4-12-7/h3-5H,1-2H3,(H,12,13,14). The molecule has 1 N–H and O–H groups in total. The molecule has 0 fully saturated rings. The van der Waals surface area contributed by atoms with Crippen molar-refractivity contribution >= 4 is 27.7 Å². The Bertz CT molecular complexity index is 349. The number of anilines is 1. The zero-order valence-electron chi connectivity index (χ0n) is 7.84. The molecule has 1 rings (SSSR count). The van der Waals surface area contributed by atoms with E-state index in [0.29, 0.717) is 5.82 Å². The Labute approximate surface area is 89.9 Å². The Balaban J connectivity index is 2.75. The molecule has 0 unspecified atom stereocenters. The lowest BCUT2D eigenvalue weighted by molar-refractivity contribution is -0.125. The van der Waals surface area contributed by atoms with E-state index in [0.717, 1.165) is 4.47 Å². The summed E-state index contributed by atoms with van der Waals surface area (Å²) >= 11 is 3.22. The van der Waals surface area contributed by atoms with E-state index in [9.17, 15) is 9.18 Å². The Morgan fingerprint density at radius 1 is 1.64 bits per heavy atom. The summed E-state index contributed by atoms with van der Waals surface area (Å²) in [6.07, 6.45) is 1.52. The van der Waals surface area contributed by atoms with Crippen LogP contribution in [0.5, 0.6) is 0 Å². The summed E-state index contributed by atoms with van der Waals surface area (Å²) in [5, 5.41) is 2.37.